The van der Waals surface area contributed by atoms with Crippen LogP contribution in [0.5, 0.6) is 5.75 Å². The molecule has 0 fully saturated rings. The summed E-state index contributed by atoms with van der Waals surface area (Å²) in [6, 6.07) is 20.6. The first kappa shape index (κ1) is 19.6. The van der Waals surface area contributed by atoms with E-state index < -0.39 is 0 Å². The van der Waals surface area contributed by atoms with Crippen LogP contribution in [0.1, 0.15) is 16.7 Å². The van der Waals surface area contributed by atoms with Crippen LogP contribution in [0.3, 0.4) is 0 Å². The van der Waals surface area contributed by atoms with Crippen molar-refractivity contribution in [3.05, 3.63) is 88.4 Å². The predicted molar refractivity (Wildman–Crippen MR) is 115 cm³/mol. The molecule has 28 heavy (non-hydrogen) atoms. The fourth-order valence-corrected chi connectivity index (χ4v) is 2.81. The third-order valence-corrected chi connectivity index (χ3v) is 4.33. The quantitative estimate of drug-likeness (QED) is 0.545. The number of carbonyl (C=O) groups excluding carboxylic acids is 1. The zero-order valence-electron chi connectivity index (χ0n) is 15.8. The standard InChI is InChI=1S/C23H21ClN2O2/c1-16-6-5-8-20(12-16)26-23(27)15-28-22-9-4-3-7-18(22)14-25-21-13-19(24)11-10-17(21)2/h3-14H,15H2,1-2H3,(H,26,27). The first-order chi connectivity index (χ1) is 13.5. The second kappa shape index (κ2) is 9.20. The lowest BCUT2D eigenvalue weighted by atomic mass is 10.2. The first-order valence-electron chi connectivity index (χ1n) is 8.90. The minimum atomic E-state index is -0.219. The van der Waals surface area contributed by atoms with Gasteiger partial charge in [-0.3, -0.25) is 9.79 Å². The molecule has 5 heteroatoms. The zero-order chi connectivity index (χ0) is 19.9. The van der Waals surface area contributed by atoms with Crippen LogP contribution in [0, 0.1) is 13.8 Å². The third-order valence-electron chi connectivity index (χ3n) is 4.09. The Kier molecular flexibility index (Phi) is 6.45. The fourth-order valence-electron chi connectivity index (χ4n) is 2.64. The first-order valence-corrected chi connectivity index (χ1v) is 9.27. The topological polar surface area (TPSA) is 50.7 Å². The van der Waals surface area contributed by atoms with E-state index in [1.807, 2.05) is 80.6 Å². The third kappa shape index (κ3) is 5.44. The van der Waals surface area contributed by atoms with E-state index in [4.69, 9.17) is 16.3 Å². The molecule has 0 bridgehead atoms. The molecular weight excluding hydrogens is 372 g/mol. The van der Waals surface area contributed by atoms with Gasteiger partial charge in [0.1, 0.15) is 5.75 Å². The average molecular weight is 393 g/mol. The Hall–Kier alpha value is -3.11. The number of halogens is 1. The molecule has 1 N–H and O–H groups in total. The molecule has 142 valence electrons. The van der Waals surface area contributed by atoms with E-state index >= 15 is 0 Å². The van der Waals surface area contributed by atoms with E-state index in [2.05, 4.69) is 10.3 Å². The summed E-state index contributed by atoms with van der Waals surface area (Å²) < 4.78 is 5.71. The van der Waals surface area contributed by atoms with Crippen molar-refractivity contribution in [1.82, 2.24) is 0 Å². The molecule has 0 heterocycles. The van der Waals surface area contributed by atoms with Gasteiger partial charge in [-0.05, 0) is 61.4 Å². The highest BCUT2D eigenvalue weighted by atomic mass is 35.5. The van der Waals surface area contributed by atoms with E-state index in [9.17, 15) is 4.79 Å². The number of nitrogens with zero attached hydrogens (tertiary/aromatic N) is 1. The average Bonchev–Trinajstić information content (AvgIpc) is 2.68. The van der Waals surface area contributed by atoms with E-state index in [0.29, 0.717) is 10.8 Å². The lowest BCUT2D eigenvalue weighted by Crippen LogP contribution is -2.20. The fraction of sp³-hybridized carbons (Fsp3) is 0.130. The lowest BCUT2D eigenvalue weighted by molar-refractivity contribution is -0.118. The Morgan fingerprint density at radius 1 is 1.07 bits per heavy atom. The summed E-state index contributed by atoms with van der Waals surface area (Å²) in [7, 11) is 0. The molecule has 0 radical (unpaired) electrons. The molecule has 3 aromatic rings. The number of ether oxygens (including phenoxy) is 1. The molecule has 0 aliphatic carbocycles. The summed E-state index contributed by atoms with van der Waals surface area (Å²) >= 11 is 6.05. The summed E-state index contributed by atoms with van der Waals surface area (Å²) in [4.78, 5) is 16.7. The molecule has 0 saturated heterocycles. The molecule has 0 unspecified atom stereocenters. The summed E-state index contributed by atoms with van der Waals surface area (Å²) in [5.74, 6) is 0.369. The Balaban J connectivity index is 1.67. The van der Waals surface area contributed by atoms with Gasteiger partial charge in [0.2, 0.25) is 0 Å². The van der Waals surface area contributed by atoms with Gasteiger partial charge in [-0.15, -0.1) is 0 Å². The molecule has 0 spiro atoms. The van der Waals surface area contributed by atoms with Crippen LogP contribution in [0.4, 0.5) is 11.4 Å². The minimum Gasteiger partial charge on any atom is -0.483 e. The summed E-state index contributed by atoms with van der Waals surface area (Å²) in [6.07, 6.45) is 1.71. The van der Waals surface area contributed by atoms with Gasteiger partial charge in [-0.1, -0.05) is 41.9 Å². The van der Waals surface area contributed by atoms with Crippen molar-refractivity contribution in [3.8, 4) is 5.75 Å². The molecule has 0 aliphatic heterocycles. The van der Waals surface area contributed by atoms with Gasteiger partial charge in [0, 0.05) is 22.5 Å². The maximum absolute atomic E-state index is 12.2. The molecule has 3 aromatic carbocycles. The molecule has 0 saturated carbocycles. The van der Waals surface area contributed by atoms with E-state index in [1.165, 1.54) is 0 Å². The van der Waals surface area contributed by atoms with Gasteiger partial charge in [-0.25, -0.2) is 0 Å². The van der Waals surface area contributed by atoms with Crippen LogP contribution in [-0.2, 0) is 4.79 Å². The number of hydrogen-bond acceptors (Lipinski definition) is 3. The van der Waals surface area contributed by atoms with Gasteiger partial charge in [0.25, 0.3) is 5.91 Å². The second-order valence-corrected chi connectivity index (χ2v) is 6.87. The van der Waals surface area contributed by atoms with Crippen molar-refractivity contribution in [2.24, 2.45) is 4.99 Å². The van der Waals surface area contributed by atoms with Crippen molar-refractivity contribution >= 4 is 35.1 Å². The highest BCUT2D eigenvalue weighted by Crippen LogP contribution is 2.24. The largest absolute Gasteiger partial charge is 0.483 e. The highest BCUT2D eigenvalue weighted by Gasteiger charge is 2.07. The second-order valence-electron chi connectivity index (χ2n) is 6.43. The number of aryl methyl sites for hydroxylation is 2. The van der Waals surface area contributed by atoms with Crippen LogP contribution in [0.15, 0.2) is 71.7 Å². The number of para-hydroxylation sites is 1. The lowest BCUT2D eigenvalue weighted by Gasteiger charge is -2.10. The van der Waals surface area contributed by atoms with Crippen molar-refractivity contribution < 1.29 is 9.53 Å². The van der Waals surface area contributed by atoms with Gasteiger partial charge in [0.05, 0.1) is 5.69 Å². The van der Waals surface area contributed by atoms with Crippen LogP contribution in [-0.4, -0.2) is 18.7 Å². The number of amides is 1. The maximum Gasteiger partial charge on any atom is 0.262 e. The molecule has 0 aliphatic rings. The number of hydrogen-bond donors (Lipinski definition) is 1. The Labute approximate surface area is 169 Å². The van der Waals surface area contributed by atoms with E-state index in [-0.39, 0.29) is 12.5 Å². The van der Waals surface area contributed by atoms with Crippen LogP contribution in [0.2, 0.25) is 5.02 Å². The maximum atomic E-state index is 12.2. The molecule has 0 aromatic heterocycles. The normalized spacial score (nSPS) is 10.8. The van der Waals surface area contributed by atoms with Gasteiger partial charge >= 0.3 is 0 Å². The molecule has 1 amide bonds. The Bertz CT molecular complexity index is 1010. The summed E-state index contributed by atoms with van der Waals surface area (Å²) in [5.41, 5.74) is 4.43. The van der Waals surface area contributed by atoms with Crippen LogP contribution < -0.4 is 10.1 Å². The SMILES string of the molecule is Cc1cccc(NC(=O)COc2ccccc2C=Nc2cc(Cl)ccc2C)c1. The number of nitrogens with one attached hydrogen (secondary N) is 1. The Morgan fingerprint density at radius 3 is 2.71 bits per heavy atom. The molecule has 4 nitrogen and oxygen atoms in total. The molecule has 3 rings (SSSR count). The van der Waals surface area contributed by atoms with Gasteiger partial charge in [-0.2, -0.15) is 0 Å². The zero-order valence-corrected chi connectivity index (χ0v) is 16.5. The number of anilines is 1. The van der Waals surface area contributed by atoms with Gasteiger partial charge < -0.3 is 10.1 Å². The van der Waals surface area contributed by atoms with Crippen molar-refractivity contribution in [2.45, 2.75) is 13.8 Å². The Morgan fingerprint density at radius 2 is 1.89 bits per heavy atom. The van der Waals surface area contributed by atoms with Crippen molar-refractivity contribution in [2.75, 3.05) is 11.9 Å². The minimum absolute atomic E-state index is 0.0883. The van der Waals surface area contributed by atoms with E-state index in [1.54, 1.807) is 6.21 Å². The molecular formula is C23H21ClN2O2. The number of benzene rings is 3. The summed E-state index contributed by atoms with van der Waals surface area (Å²) in [6.45, 7) is 3.86. The highest BCUT2D eigenvalue weighted by molar-refractivity contribution is 6.30. The van der Waals surface area contributed by atoms with Crippen LogP contribution in [0.25, 0.3) is 0 Å². The number of rotatable bonds is 6. The number of aliphatic imine (C=N–C) groups is 1. The van der Waals surface area contributed by atoms with E-state index in [0.717, 1.165) is 28.1 Å². The predicted octanol–water partition coefficient (Wildman–Crippen LogP) is 5.72. The summed E-state index contributed by atoms with van der Waals surface area (Å²) in [5, 5.41) is 3.47. The van der Waals surface area contributed by atoms with Crippen LogP contribution >= 0.6 is 11.6 Å². The van der Waals surface area contributed by atoms with Gasteiger partial charge in [0.15, 0.2) is 6.61 Å². The molecule has 0 atom stereocenters. The number of carbonyl (C=O) groups is 1. The van der Waals surface area contributed by atoms with Crippen molar-refractivity contribution in [1.29, 1.82) is 0 Å². The van der Waals surface area contributed by atoms with Crippen molar-refractivity contribution in [3.63, 3.8) is 0 Å². The smallest absolute Gasteiger partial charge is 0.262 e. The monoisotopic (exact) mass is 392 g/mol.